The average Bonchev–Trinajstić information content (AvgIpc) is 3.14. The van der Waals surface area contributed by atoms with E-state index in [4.69, 9.17) is 9.47 Å². The topological polar surface area (TPSA) is 155 Å². The maximum absolute atomic E-state index is 13.9. The van der Waals surface area contributed by atoms with Crippen LogP contribution in [-0.4, -0.2) is 86.4 Å². The Hall–Kier alpha value is -5.39. The normalized spacial score (nSPS) is 19.2. The number of hydrogen-bond acceptors (Lipinski definition) is 7. The van der Waals surface area contributed by atoms with Crippen LogP contribution in [0.15, 0.2) is 78.9 Å². The number of fused-ring (bicyclic) bond motifs is 1. The summed E-state index contributed by atoms with van der Waals surface area (Å²) in [7, 11) is 3.11. The first kappa shape index (κ1) is 39.4. The Kier molecular flexibility index (Phi) is 15.0. The van der Waals surface area contributed by atoms with Gasteiger partial charge in [-0.1, -0.05) is 68.4 Å². The molecule has 1 heterocycles. The maximum Gasteiger partial charge on any atom is 0.255 e. The number of aryl methyl sites for hydroxylation is 1. The Morgan fingerprint density at radius 1 is 0.942 bits per heavy atom. The average molecular weight is 714 g/mol. The van der Waals surface area contributed by atoms with E-state index in [1.165, 1.54) is 11.9 Å². The molecule has 3 aromatic rings. The molecule has 12 heteroatoms. The van der Waals surface area contributed by atoms with Crippen molar-refractivity contribution in [1.29, 1.82) is 0 Å². The third-order valence-corrected chi connectivity index (χ3v) is 8.86. The molecule has 3 atom stereocenters. The van der Waals surface area contributed by atoms with Gasteiger partial charge in [-0.3, -0.25) is 24.0 Å². The minimum Gasteiger partial charge on any atom is -0.497 e. The summed E-state index contributed by atoms with van der Waals surface area (Å²) in [5.41, 5.74) is 2.11. The van der Waals surface area contributed by atoms with Gasteiger partial charge in [-0.15, -0.1) is 0 Å². The fraction of sp³-hybridized carbons (Fsp3) is 0.425. The molecule has 278 valence electrons. The van der Waals surface area contributed by atoms with E-state index >= 15 is 0 Å². The van der Waals surface area contributed by atoms with Gasteiger partial charge >= 0.3 is 0 Å². The second-order valence-corrected chi connectivity index (χ2v) is 13.4. The van der Waals surface area contributed by atoms with E-state index in [-0.39, 0.29) is 37.0 Å². The van der Waals surface area contributed by atoms with Crippen LogP contribution in [0.1, 0.15) is 61.0 Å². The molecule has 0 fully saturated rings. The van der Waals surface area contributed by atoms with Crippen LogP contribution < -0.4 is 30.7 Å². The Morgan fingerprint density at radius 2 is 1.67 bits per heavy atom. The minimum atomic E-state index is -1.24. The van der Waals surface area contributed by atoms with Crippen molar-refractivity contribution in [3.8, 4) is 11.5 Å². The van der Waals surface area contributed by atoms with Gasteiger partial charge in [-0.25, -0.2) is 0 Å². The van der Waals surface area contributed by atoms with Gasteiger partial charge in [0.1, 0.15) is 29.6 Å². The number of benzene rings is 3. The van der Waals surface area contributed by atoms with Crippen molar-refractivity contribution in [2.24, 2.45) is 5.92 Å². The molecule has 4 rings (SSSR count). The van der Waals surface area contributed by atoms with Gasteiger partial charge < -0.3 is 35.6 Å². The van der Waals surface area contributed by atoms with E-state index in [0.717, 1.165) is 16.9 Å². The Morgan fingerprint density at radius 3 is 2.42 bits per heavy atom. The molecule has 0 saturated carbocycles. The van der Waals surface area contributed by atoms with Gasteiger partial charge in [0.25, 0.3) is 5.91 Å². The Balaban J connectivity index is 1.58. The molecule has 3 aromatic carbocycles. The summed E-state index contributed by atoms with van der Waals surface area (Å²) in [5.74, 6) is -1.42. The first-order chi connectivity index (χ1) is 25.0. The van der Waals surface area contributed by atoms with Crippen molar-refractivity contribution >= 4 is 29.5 Å². The van der Waals surface area contributed by atoms with E-state index in [0.29, 0.717) is 38.0 Å². The van der Waals surface area contributed by atoms with Gasteiger partial charge in [-0.05, 0) is 67.0 Å². The van der Waals surface area contributed by atoms with E-state index in [9.17, 15) is 24.0 Å². The summed E-state index contributed by atoms with van der Waals surface area (Å²) >= 11 is 0. The molecular formula is C40H51N5O7. The first-order valence-corrected chi connectivity index (χ1v) is 17.9. The van der Waals surface area contributed by atoms with Crippen molar-refractivity contribution in [1.82, 2.24) is 26.2 Å². The highest BCUT2D eigenvalue weighted by atomic mass is 16.5. The van der Waals surface area contributed by atoms with Crippen molar-refractivity contribution in [3.63, 3.8) is 0 Å². The van der Waals surface area contributed by atoms with E-state index < -0.39 is 48.2 Å². The van der Waals surface area contributed by atoms with Gasteiger partial charge in [0.05, 0.1) is 25.7 Å². The summed E-state index contributed by atoms with van der Waals surface area (Å²) in [5, 5.41) is 11.4. The SMILES string of the molecule is COc1cccc(CCCNC(=O)[C@@H]2CC(=O)N(C)[C@@H](CC(C)C)C(=O)N[C@@H](Cc3ccccc3)C(=O)NCCCOc3ccccc3C(=O)N2)c1. The van der Waals surface area contributed by atoms with Crippen LogP contribution in [0.2, 0.25) is 0 Å². The second kappa shape index (κ2) is 19.9. The molecule has 5 amide bonds. The lowest BCUT2D eigenvalue weighted by atomic mass is 9.99. The zero-order chi connectivity index (χ0) is 37.5. The fourth-order valence-electron chi connectivity index (χ4n) is 5.98. The number of hydrogen-bond donors (Lipinski definition) is 4. The first-order valence-electron chi connectivity index (χ1n) is 17.9. The van der Waals surface area contributed by atoms with Crippen LogP contribution in [0.3, 0.4) is 0 Å². The van der Waals surface area contributed by atoms with Crippen LogP contribution >= 0.6 is 0 Å². The quantitative estimate of drug-likeness (QED) is 0.235. The summed E-state index contributed by atoms with van der Waals surface area (Å²) in [6.07, 6.45) is 1.88. The highest BCUT2D eigenvalue weighted by molar-refractivity contribution is 6.01. The largest absolute Gasteiger partial charge is 0.497 e. The smallest absolute Gasteiger partial charge is 0.255 e. The van der Waals surface area contributed by atoms with Gasteiger partial charge in [0.2, 0.25) is 23.6 Å². The fourth-order valence-corrected chi connectivity index (χ4v) is 5.98. The van der Waals surface area contributed by atoms with E-state index in [1.807, 2.05) is 68.4 Å². The van der Waals surface area contributed by atoms with Crippen molar-refractivity contribution in [2.75, 3.05) is 33.9 Å². The van der Waals surface area contributed by atoms with E-state index in [2.05, 4.69) is 21.3 Å². The third kappa shape index (κ3) is 11.9. The number of amides is 5. The number of rotatable bonds is 10. The van der Waals surface area contributed by atoms with Crippen LogP contribution in [0.25, 0.3) is 0 Å². The number of likely N-dealkylation sites (N-methyl/N-ethyl adjacent to an activating group) is 1. The van der Waals surface area contributed by atoms with Crippen molar-refractivity contribution in [2.45, 2.75) is 70.5 Å². The van der Waals surface area contributed by atoms with E-state index in [1.54, 1.807) is 31.4 Å². The number of para-hydroxylation sites is 1. The van der Waals surface area contributed by atoms with Crippen molar-refractivity contribution < 1.29 is 33.4 Å². The molecule has 0 aromatic heterocycles. The number of nitrogens with one attached hydrogen (secondary N) is 4. The highest BCUT2D eigenvalue weighted by Gasteiger charge is 2.34. The predicted molar refractivity (Wildman–Crippen MR) is 198 cm³/mol. The van der Waals surface area contributed by atoms with Crippen LogP contribution in [-0.2, 0) is 32.0 Å². The summed E-state index contributed by atoms with van der Waals surface area (Å²) in [4.78, 5) is 69.9. The van der Waals surface area contributed by atoms with Gasteiger partial charge in [0, 0.05) is 26.6 Å². The second-order valence-electron chi connectivity index (χ2n) is 13.4. The Bertz CT molecular complexity index is 1660. The standard InChI is InChI=1S/C40H51N5O7/c1-27(2)23-34-40(50)44-32(25-29-13-6-5-7-14-29)38(48)42-21-12-22-52-35-19-9-8-18-31(35)37(47)43-33(26-36(46)45(34)3)39(49)41-20-11-16-28-15-10-17-30(24-28)51-4/h5-10,13-15,17-19,24,27,32-34H,11-12,16,20-23,25-26H2,1-4H3,(H,41,49)(H,42,48)(H,43,47)(H,44,50)/t32-,33-,34-/m0/s1. The zero-order valence-electron chi connectivity index (χ0n) is 30.5. The lowest BCUT2D eigenvalue weighted by Crippen LogP contribution is -2.56. The van der Waals surface area contributed by atoms with Crippen molar-refractivity contribution in [3.05, 3.63) is 95.6 Å². The molecule has 0 aliphatic carbocycles. The molecule has 0 unspecified atom stereocenters. The summed E-state index contributed by atoms with van der Waals surface area (Å²) in [6.45, 7) is 4.63. The molecular weight excluding hydrogens is 662 g/mol. The molecule has 1 aliphatic rings. The Labute approximate surface area is 306 Å². The van der Waals surface area contributed by atoms with Crippen LogP contribution in [0, 0.1) is 5.92 Å². The molecule has 1 aliphatic heterocycles. The highest BCUT2D eigenvalue weighted by Crippen LogP contribution is 2.20. The minimum absolute atomic E-state index is 0.0186. The lowest BCUT2D eigenvalue weighted by Gasteiger charge is -2.31. The zero-order valence-corrected chi connectivity index (χ0v) is 30.5. The molecule has 12 nitrogen and oxygen atoms in total. The van der Waals surface area contributed by atoms with Crippen LogP contribution in [0.5, 0.6) is 11.5 Å². The van der Waals surface area contributed by atoms with Crippen LogP contribution in [0.4, 0.5) is 0 Å². The predicted octanol–water partition coefficient (Wildman–Crippen LogP) is 3.43. The monoisotopic (exact) mass is 713 g/mol. The number of carbonyl (C=O) groups excluding carboxylic acids is 5. The molecule has 4 N–H and O–H groups in total. The molecule has 0 spiro atoms. The summed E-state index contributed by atoms with van der Waals surface area (Å²) < 4.78 is 11.2. The molecule has 0 saturated heterocycles. The molecule has 0 radical (unpaired) electrons. The maximum atomic E-state index is 13.9. The number of ether oxygens (including phenoxy) is 2. The molecule has 0 bridgehead atoms. The number of nitrogens with zero attached hydrogens (tertiary/aromatic N) is 1. The molecule has 52 heavy (non-hydrogen) atoms. The van der Waals surface area contributed by atoms with Gasteiger partial charge in [0.15, 0.2) is 0 Å². The van der Waals surface area contributed by atoms with Gasteiger partial charge in [-0.2, -0.15) is 0 Å². The lowest BCUT2D eigenvalue weighted by molar-refractivity contribution is -0.141. The number of methoxy groups -OCH3 is 1. The number of carbonyl (C=O) groups is 5. The summed E-state index contributed by atoms with van der Waals surface area (Å²) in [6, 6.07) is 20.6. The third-order valence-electron chi connectivity index (χ3n) is 8.86.